The van der Waals surface area contributed by atoms with Gasteiger partial charge in [0.1, 0.15) is 12.1 Å². The van der Waals surface area contributed by atoms with E-state index in [0.29, 0.717) is 24.4 Å². The monoisotopic (exact) mass is 421 g/mol. The Morgan fingerprint density at radius 3 is 2.50 bits per heavy atom. The molecule has 0 saturated heterocycles. The van der Waals surface area contributed by atoms with Gasteiger partial charge in [0.15, 0.2) is 11.4 Å². The Labute approximate surface area is 187 Å². The van der Waals surface area contributed by atoms with Crippen molar-refractivity contribution in [3.05, 3.63) is 65.2 Å². The van der Waals surface area contributed by atoms with Crippen LogP contribution in [0.2, 0.25) is 0 Å². The van der Waals surface area contributed by atoms with E-state index in [9.17, 15) is 15.3 Å². The number of nitriles is 2. The van der Waals surface area contributed by atoms with Gasteiger partial charge in [-0.15, -0.1) is 0 Å². The van der Waals surface area contributed by atoms with Crippen LogP contribution in [0.4, 0.5) is 5.69 Å². The molecule has 2 unspecified atom stereocenters. The number of carbonyl (C=O) groups is 1. The van der Waals surface area contributed by atoms with Gasteiger partial charge in [-0.3, -0.25) is 4.79 Å². The standard InChI is InChI=1S/C26H23N5O/c1-4-31(21-11-7-9-16-8-5-6-10-17(16)21)24(32)26-13-12-18(25(26,2)3)22-23(26)30-20(15-28)19(14-27)29-22/h5-11,18H,4,12-13H2,1-3H3. The highest BCUT2D eigenvalue weighted by Crippen LogP contribution is 2.67. The van der Waals surface area contributed by atoms with E-state index >= 15 is 0 Å². The highest BCUT2D eigenvalue weighted by molar-refractivity contribution is 6.08. The molecule has 0 N–H and O–H groups in total. The van der Waals surface area contributed by atoms with E-state index in [2.05, 4.69) is 23.8 Å². The minimum atomic E-state index is -0.882. The van der Waals surface area contributed by atoms with E-state index in [1.165, 1.54) is 0 Å². The quantitative estimate of drug-likeness (QED) is 0.617. The summed E-state index contributed by atoms with van der Waals surface area (Å²) in [5, 5.41) is 21.1. The number of anilines is 1. The fraction of sp³-hybridized carbons (Fsp3) is 0.346. The minimum absolute atomic E-state index is 0.00464. The first kappa shape index (κ1) is 20.2. The maximum absolute atomic E-state index is 14.4. The second-order valence-electron chi connectivity index (χ2n) is 9.14. The third kappa shape index (κ3) is 2.35. The molecular formula is C26H23N5O. The summed E-state index contributed by atoms with van der Waals surface area (Å²) in [7, 11) is 0. The van der Waals surface area contributed by atoms with Gasteiger partial charge >= 0.3 is 0 Å². The van der Waals surface area contributed by atoms with Crippen LogP contribution in [-0.4, -0.2) is 22.4 Å². The molecule has 0 radical (unpaired) electrons. The molecule has 0 spiro atoms. The lowest BCUT2D eigenvalue weighted by Crippen LogP contribution is -2.52. The Bertz CT molecular complexity index is 1360. The zero-order valence-corrected chi connectivity index (χ0v) is 18.4. The van der Waals surface area contributed by atoms with Gasteiger partial charge < -0.3 is 4.90 Å². The van der Waals surface area contributed by atoms with Crippen LogP contribution in [0, 0.1) is 28.1 Å². The number of likely N-dealkylation sites (N-methyl/N-ethyl adjacent to an activating group) is 1. The highest BCUT2D eigenvalue weighted by atomic mass is 16.2. The van der Waals surface area contributed by atoms with E-state index in [0.717, 1.165) is 22.9 Å². The molecule has 3 aromatic rings. The maximum atomic E-state index is 14.4. The van der Waals surface area contributed by atoms with E-state index < -0.39 is 10.8 Å². The molecular weight excluding hydrogens is 398 g/mol. The van der Waals surface area contributed by atoms with Crippen molar-refractivity contribution in [2.75, 3.05) is 11.4 Å². The molecule has 1 saturated carbocycles. The molecule has 0 aliphatic heterocycles. The summed E-state index contributed by atoms with van der Waals surface area (Å²) in [5.74, 6) is 0.0190. The van der Waals surface area contributed by atoms with Gasteiger partial charge in [0.2, 0.25) is 5.91 Å². The predicted molar refractivity (Wildman–Crippen MR) is 121 cm³/mol. The highest BCUT2D eigenvalue weighted by Gasteiger charge is 2.68. The molecule has 6 heteroatoms. The summed E-state index contributed by atoms with van der Waals surface area (Å²) in [6, 6.07) is 18.1. The number of fused-ring (bicyclic) bond motifs is 6. The molecule has 2 atom stereocenters. The molecule has 32 heavy (non-hydrogen) atoms. The van der Waals surface area contributed by atoms with Crippen LogP contribution < -0.4 is 4.90 Å². The molecule has 2 aliphatic carbocycles. The average molecular weight is 422 g/mol. The second kappa shape index (κ2) is 6.87. The first-order valence-electron chi connectivity index (χ1n) is 10.9. The van der Waals surface area contributed by atoms with Gasteiger partial charge in [0.25, 0.3) is 0 Å². The van der Waals surface area contributed by atoms with Gasteiger partial charge in [-0.25, -0.2) is 9.97 Å². The summed E-state index contributed by atoms with van der Waals surface area (Å²) >= 11 is 0. The van der Waals surface area contributed by atoms with Crippen LogP contribution in [0.1, 0.15) is 62.3 Å². The van der Waals surface area contributed by atoms with Crippen molar-refractivity contribution in [3.8, 4) is 12.1 Å². The summed E-state index contributed by atoms with van der Waals surface area (Å²) in [6.07, 6.45) is 1.47. The SMILES string of the molecule is CCN(C(=O)C12CCC(c3nc(C#N)c(C#N)nc31)C2(C)C)c1cccc2ccccc12. The van der Waals surface area contributed by atoms with Gasteiger partial charge in [-0.2, -0.15) is 10.5 Å². The summed E-state index contributed by atoms with van der Waals surface area (Å²) < 4.78 is 0. The van der Waals surface area contributed by atoms with Crippen LogP contribution in [-0.2, 0) is 10.2 Å². The Balaban J connectivity index is 1.73. The molecule has 2 aromatic carbocycles. The number of aromatic nitrogens is 2. The van der Waals surface area contributed by atoms with Crippen molar-refractivity contribution < 1.29 is 4.79 Å². The molecule has 1 aromatic heterocycles. The zero-order valence-electron chi connectivity index (χ0n) is 18.4. The van der Waals surface area contributed by atoms with E-state index in [1.807, 2.05) is 66.4 Å². The lowest BCUT2D eigenvalue weighted by atomic mass is 9.67. The molecule has 6 nitrogen and oxygen atoms in total. The first-order chi connectivity index (χ1) is 15.4. The third-order valence-corrected chi connectivity index (χ3v) is 7.63. The number of carbonyl (C=O) groups excluding carboxylic acids is 1. The fourth-order valence-corrected chi connectivity index (χ4v) is 5.99. The van der Waals surface area contributed by atoms with Crippen molar-refractivity contribution in [1.29, 1.82) is 10.5 Å². The Morgan fingerprint density at radius 2 is 1.78 bits per heavy atom. The zero-order chi connectivity index (χ0) is 22.7. The Morgan fingerprint density at radius 1 is 1.09 bits per heavy atom. The van der Waals surface area contributed by atoms with E-state index in [1.54, 1.807) is 0 Å². The number of hydrogen-bond acceptors (Lipinski definition) is 5. The Kier molecular flexibility index (Phi) is 4.32. The van der Waals surface area contributed by atoms with E-state index in [4.69, 9.17) is 0 Å². The predicted octanol–water partition coefficient (Wildman–Crippen LogP) is 4.58. The average Bonchev–Trinajstić information content (AvgIpc) is 3.19. The van der Waals surface area contributed by atoms with Crippen LogP contribution in [0.15, 0.2) is 42.5 Å². The van der Waals surface area contributed by atoms with Gasteiger partial charge in [0, 0.05) is 17.8 Å². The second-order valence-corrected chi connectivity index (χ2v) is 9.14. The number of hydrogen-bond donors (Lipinski definition) is 0. The topological polar surface area (TPSA) is 93.7 Å². The summed E-state index contributed by atoms with van der Waals surface area (Å²) in [6.45, 7) is 6.69. The molecule has 1 amide bonds. The van der Waals surface area contributed by atoms with Crippen LogP contribution in [0.25, 0.3) is 10.8 Å². The number of nitrogens with zero attached hydrogens (tertiary/aromatic N) is 5. The molecule has 158 valence electrons. The molecule has 1 fully saturated rings. The molecule has 1 heterocycles. The van der Waals surface area contributed by atoms with Gasteiger partial charge in [0.05, 0.1) is 22.5 Å². The van der Waals surface area contributed by atoms with Crippen molar-refractivity contribution in [2.45, 2.75) is 44.9 Å². The molecule has 2 bridgehead atoms. The molecule has 2 aliphatic rings. The third-order valence-electron chi connectivity index (χ3n) is 7.63. The summed E-state index contributed by atoms with van der Waals surface area (Å²) in [5.41, 5.74) is 0.892. The largest absolute Gasteiger partial charge is 0.311 e. The van der Waals surface area contributed by atoms with E-state index in [-0.39, 0.29) is 23.2 Å². The molecule has 5 rings (SSSR count). The van der Waals surface area contributed by atoms with Crippen molar-refractivity contribution in [2.24, 2.45) is 5.41 Å². The minimum Gasteiger partial charge on any atom is -0.311 e. The van der Waals surface area contributed by atoms with Crippen molar-refractivity contribution >= 4 is 22.4 Å². The smallest absolute Gasteiger partial charge is 0.239 e. The lowest BCUT2D eigenvalue weighted by Gasteiger charge is -2.40. The summed E-state index contributed by atoms with van der Waals surface area (Å²) in [4.78, 5) is 25.4. The Hall–Kier alpha value is -3.77. The van der Waals surface area contributed by atoms with Crippen molar-refractivity contribution in [3.63, 3.8) is 0 Å². The van der Waals surface area contributed by atoms with Crippen molar-refractivity contribution in [1.82, 2.24) is 9.97 Å². The fourth-order valence-electron chi connectivity index (χ4n) is 5.99. The van der Waals surface area contributed by atoms with Crippen LogP contribution in [0.5, 0.6) is 0 Å². The number of rotatable bonds is 3. The van der Waals surface area contributed by atoms with Gasteiger partial charge in [-0.1, -0.05) is 50.2 Å². The number of benzene rings is 2. The maximum Gasteiger partial charge on any atom is 0.239 e. The number of amides is 1. The van der Waals surface area contributed by atoms with Crippen LogP contribution >= 0.6 is 0 Å². The van der Waals surface area contributed by atoms with Gasteiger partial charge in [-0.05, 0) is 36.6 Å². The lowest BCUT2D eigenvalue weighted by molar-refractivity contribution is -0.127. The van der Waals surface area contributed by atoms with Crippen LogP contribution in [0.3, 0.4) is 0 Å². The normalized spacial score (nSPS) is 22.2. The first-order valence-corrected chi connectivity index (χ1v) is 10.9.